The predicted octanol–water partition coefficient (Wildman–Crippen LogP) is 4.31. The molecule has 0 aliphatic carbocycles. The Balaban J connectivity index is 2.09. The smallest absolute Gasteiger partial charge is 0.0532 e. The maximum atomic E-state index is 6.08. The number of halogens is 2. The van der Waals surface area contributed by atoms with Crippen LogP contribution in [0.15, 0.2) is 36.7 Å². The van der Waals surface area contributed by atoms with Crippen molar-refractivity contribution in [2.45, 2.75) is 13.5 Å². The first-order chi connectivity index (χ1) is 8.15. The van der Waals surface area contributed by atoms with Gasteiger partial charge in [0.1, 0.15) is 0 Å². The van der Waals surface area contributed by atoms with Gasteiger partial charge in [0, 0.05) is 29.0 Å². The minimum absolute atomic E-state index is 0.629. The van der Waals surface area contributed by atoms with E-state index in [1.165, 1.54) is 0 Å². The molecule has 0 saturated heterocycles. The second kappa shape index (κ2) is 5.39. The van der Waals surface area contributed by atoms with Crippen LogP contribution in [0, 0.1) is 6.92 Å². The molecule has 0 fully saturated rings. The lowest BCUT2D eigenvalue weighted by molar-refractivity contribution is 1.13. The highest BCUT2D eigenvalue weighted by molar-refractivity contribution is 6.33. The fraction of sp³-hybridized carbons (Fsp3) is 0.154. The predicted molar refractivity (Wildman–Crippen MR) is 72.8 cm³/mol. The standard InChI is InChI=1S/C13H12Cl2N2/c1-9-4-12(8-16-6-9)17-7-10-5-11(14)2-3-13(10)15/h2-6,8,17H,7H2,1H3. The van der Waals surface area contributed by atoms with E-state index in [0.717, 1.165) is 16.8 Å². The lowest BCUT2D eigenvalue weighted by Gasteiger charge is -2.08. The number of benzene rings is 1. The van der Waals surface area contributed by atoms with Crippen LogP contribution in [0.2, 0.25) is 10.0 Å². The van der Waals surface area contributed by atoms with Gasteiger partial charge in [0.25, 0.3) is 0 Å². The summed E-state index contributed by atoms with van der Waals surface area (Å²) in [5.74, 6) is 0. The van der Waals surface area contributed by atoms with E-state index in [0.29, 0.717) is 16.6 Å². The van der Waals surface area contributed by atoms with Crippen LogP contribution in [0.4, 0.5) is 5.69 Å². The van der Waals surface area contributed by atoms with Crippen LogP contribution in [-0.4, -0.2) is 4.98 Å². The van der Waals surface area contributed by atoms with Crippen LogP contribution < -0.4 is 5.32 Å². The van der Waals surface area contributed by atoms with Crippen LogP contribution in [-0.2, 0) is 6.54 Å². The van der Waals surface area contributed by atoms with Crippen molar-refractivity contribution >= 4 is 28.9 Å². The highest BCUT2D eigenvalue weighted by atomic mass is 35.5. The van der Waals surface area contributed by atoms with Gasteiger partial charge in [-0.3, -0.25) is 4.98 Å². The summed E-state index contributed by atoms with van der Waals surface area (Å²) in [4.78, 5) is 4.11. The molecule has 17 heavy (non-hydrogen) atoms. The molecule has 0 atom stereocenters. The fourth-order valence-electron chi connectivity index (χ4n) is 1.53. The number of nitrogens with zero attached hydrogens (tertiary/aromatic N) is 1. The number of aromatic nitrogens is 1. The van der Waals surface area contributed by atoms with Gasteiger partial charge in [-0.2, -0.15) is 0 Å². The molecule has 1 aromatic heterocycles. The lowest BCUT2D eigenvalue weighted by atomic mass is 10.2. The molecule has 2 nitrogen and oxygen atoms in total. The minimum Gasteiger partial charge on any atom is -0.380 e. The van der Waals surface area contributed by atoms with Crippen molar-refractivity contribution in [3.63, 3.8) is 0 Å². The Labute approximate surface area is 111 Å². The monoisotopic (exact) mass is 266 g/mol. The average molecular weight is 267 g/mol. The van der Waals surface area contributed by atoms with Crippen molar-refractivity contribution in [2.24, 2.45) is 0 Å². The molecule has 4 heteroatoms. The molecule has 2 aromatic rings. The maximum Gasteiger partial charge on any atom is 0.0532 e. The van der Waals surface area contributed by atoms with E-state index >= 15 is 0 Å². The highest BCUT2D eigenvalue weighted by Gasteiger charge is 2.01. The van der Waals surface area contributed by atoms with Crippen molar-refractivity contribution in [3.05, 3.63) is 57.8 Å². The highest BCUT2D eigenvalue weighted by Crippen LogP contribution is 2.21. The number of hydrogen-bond donors (Lipinski definition) is 1. The molecule has 2 rings (SSSR count). The molecule has 0 aliphatic rings. The zero-order valence-electron chi connectivity index (χ0n) is 9.37. The molecular weight excluding hydrogens is 255 g/mol. The summed E-state index contributed by atoms with van der Waals surface area (Å²) in [6.45, 7) is 2.63. The molecule has 0 bridgehead atoms. The van der Waals surface area contributed by atoms with Gasteiger partial charge in [-0.1, -0.05) is 23.2 Å². The number of nitrogens with one attached hydrogen (secondary N) is 1. The SMILES string of the molecule is Cc1cncc(NCc2cc(Cl)ccc2Cl)c1. The zero-order valence-corrected chi connectivity index (χ0v) is 10.9. The summed E-state index contributed by atoms with van der Waals surface area (Å²) in [7, 11) is 0. The van der Waals surface area contributed by atoms with Crippen LogP contribution in [0.5, 0.6) is 0 Å². The Hall–Kier alpha value is -1.25. The number of pyridine rings is 1. The normalized spacial score (nSPS) is 10.3. The number of hydrogen-bond acceptors (Lipinski definition) is 2. The summed E-state index contributed by atoms with van der Waals surface area (Å²) in [6, 6.07) is 7.47. The molecule has 1 N–H and O–H groups in total. The van der Waals surface area contributed by atoms with Crippen molar-refractivity contribution in [3.8, 4) is 0 Å². The van der Waals surface area contributed by atoms with E-state index in [2.05, 4.69) is 10.3 Å². The van der Waals surface area contributed by atoms with Gasteiger partial charge in [-0.25, -0.2) is 0 Å². The fourth-order valence-corrected chi connectivity index (χ4v) is 1.91. The Morgan fingerprint density at radius 2 is 2.00 bits per heavy atom. The van der Waals surface area contributed by atoms with Crippen LogP contribution in [0.3, 0.4) is 0 Å². The van der Waals surface area contributed by atoms with E-state index in [9.17, 15) is 0 Å². The molecule has 0 unspecified atom stereocenters. The summed E-state index contributed by atoms with van der Waals surface area (Å²) < 4.78 is 0. The molecule has 0 spiro atoms. The van der Waals surface area contributed by atoms with Crippen LogP contribution >= 0.6 is 23.2 Å². The third-order valence-electron chi connectivity index (χ3n) is 2.37. The molecule has 0 radical (unpaired) electrons. The largest absolute Gasteiger partial charge is 0.380 e. The van der Waals surface area contributed by atoms with Crippen molar-refractivity contribution in [2.75, 3.05) is 5.32 Å². The van der Waals surface area contributed by atoms with E-state index < -0.39 is 0 Å². The third-order valence-corrected chi connectivity index (χ3v) is 2.97. The number of rotatable bonds is 3. The molecule has 1 heterocycles. The summed E-state index contributed by atoms with van der Waals surface area (Å²) in [6.07, 6.45) is 3.60. The minimum atomic E-state index is 0.629. The van der Waals surface area contributed by atoms with Crippen molar-refractivity contribution < 1.29 is 0 Å². The molecule has 0 saturated carbocycles. The third kappa shape index (κ3) is 3.35. The molecular formula is C13H12Cl2N2. The summed E-state index contributed by atoms with van der Waals surface area (Å²) in [5.41, 5.74) is 3.06. The second-order valence-corrected chi connectivity index (χ2v) is 4.68. The van der Waals surface area contributed by atoms with Crippen LogP contribution in [0.25, 0.3) is 0 Å². The van der Waals surface area contributed by atoms with E-state index in [4.69, 9.17) is 23.2 Å². The number of aryl methyl sites for hydroxylation is 1. The summed E-state index contributed by atoms with van der Waals surface area (Å²) in [5, 5.41) is 4.66. The number of anilines is 1. The quantitative estimate of drug-likeness (QED) is 0.896. The Morgan fingerprint density at radius 3 is 2.76 bits per heavy atom. The lowest BCUT2D eigenvalue weighted by Crippen LogP contribution is -2.00. The zero-order chi connectivity index (χ0) is 12.3. The van der Waals surface area contributed by atoms with E-state index in [1.807, 2.05) is 25.3 Å². The van der Waals surface area contributed by atoms with Gasteiger partial charge in [-0.05, 0) is 42.3 Å². The van der Waals surface area contributed by atoms with Gasteiger partial charge in [0.15, 0.2) is 0 Å². The summed E-state index contributed by atoms with van der Waals surface area (Å²) >= 11 is 12.0. The van der Waals surface area contributed by atoms with Crippen molar-refractivity contribution in [1.29, 1.82) is 0 Å². The Morgan fingerprint density at radius 1 is 1.18 bits per heavy atom. The van der Waals surface area contributed by atoms with Crippen LogP contribution in [0.1, 0.15) is 11.1 Å². The van der Waals surface area contributed by atoms with Gasteiger partial charge < -0.3 is 5.32 Å². The maximum absolute atomic E-state index is 6.08. The first-order valence-corrected chi connectivity index (χ1v) is 6.00. The topological polar surface area (TPSA) is 24.9 Å². The molecule has 88 valence electrons. The van der Waals surface area contributed by atoms with E-state index in [1.54, 1.807) is 18.3 Å². The second-order valence-electron chi connectivity index (χ2n) is 3.84. The first kappa shape index (κ1) is 12.2. The molecule has 0 aliphatic heterocycles. The first-order valence-electron chi connectivity index (χ1n) is 5.24. The molecule has 1 aromatic carbocycles. The Kier molecular flexibility index (Phi) is 3.87. The average Bonchev–Trinajstić information content (AvgIpc) is 2.30. The molecule has 0 amide bonds. The van der Waals surface area contributed by atoms with Gasteiger partial charge in [0.05, 0.1) is 5.69 Å². The van der Waals surface area contributed by atoms with Gasteiger partial charge >= 0.3 is 0 Å². The van der Waals surface area contributed by atoms with E-state index in [-0.39, 0.29) is 0 Å². The van der Waals surface area contributed by atoms with Gasteiger partial charge in [0.2, 0.25) is 0 Å². The van der Waals surface area contributed by atoms with Gasteiger partial charge in [-0.15, -0.1) is 0 Å². The van der Waals surface area contributed by atoms with Crippen molar-refractivity contribution in [1.82, 2.24) is 4.98 Å². The Bertz CT molecular complexity index is 527.